The van der Waals surface area contributed by atoms with Crippen LogP contribution in [0.4, 0.5) is 0 Å². The van der Waals surface area contributed by atoms with Gasteiger partial charge in [0, 0.05) is 38.2 Å². The largest absolute Gasteiger partial charge is 0.309 e. The van der Waals surface area contributed by atoms with Crippen LogP contribution in [0, 0.1) is 0 Å². The lowest BCUT2D eigenvalue weighted by Crippen LogP contribution is -2.06. The number of fused-ring (bicyclic) bond motifs is 6. The van der Waals surface area contributed by atoms with E-state index in [-0.39, 0.29) is 0 Å². The van der Waals surface area contributed by atoms with Gasteiger partial charge in [0.1, 0.15) is 0 Å². The molecule has 5 nitrogen and oxygen atoms in total. The fraction of sp³-hybridized carbons (Fsp3) is 0. The fourth-order valence-electron chi connectivity index (χ4n) is 9.93. The van der Waals surface area contributed by atoms with E-state index in [1.165, 1.54) is 21.9 Å². The molecule has 0 aliphatic rings. The first kappa shape index (κ1) is 39.2. The van der Waals surface area contributed by atoms with E-state index < -0.39 is 0 Å². The standard InChI is InChI=1S/C63H41N5/c1-5-18-42(19-6-1)45-32-34-47(35-33-45)62-64-61(46-24-11-4-12-25-46)65-63(66-62)68-57-31-16-14-29-53(57)55-40-54-52-28-13-15-30-56(52)67(59(54)41-60(55)68)58-39-49(44-22-9-3-10-23-44)36-37-51(58)50-27-17-26-48(38-50)43-20-7-2-8-21-43/h1-41H. The van der Waals surface area contributed by atoms with E-state index in [2.05, 4.69) is 234 Å². The second kappa shape index (κ2) is 16.4. The Bertz CT molecular complexity index is 3990. The topological polar surface area (TPSA) is 48.5 Å². The zero-order chi connectivity index (χ0) is 45.0. The van der Waals surface area contributed by atoms with Gasteiger partial charge in [-0.15, -0.1) is 0 Å². The van der Waals surface area contributed by atoms with Crippen LogP contribution in [0.2, 0.25) is 0 Å². The first-order chi connectivity index (χ1) is 33.7. The molecule has 0 fully saturated rings. The Labute approximate surface area is 393 Å². The van der Waals surface area contributed by atoms with Crippen molar-refractivity contribution in [1.82, 2.24) is 24.1 Å². The van der Waals surface area contributed by atoms with Crippen LogP contribution in [-0.2, 0) is 0 Å². The molecule has 3 aromatic heterocycles. The van der Waals surface area contributed by atoms with Crippen LogP contribution in [0.1, 0.15) is 0 Å². The summed E-state index contributed by atoms with van der Waals surface area (Å²) in [5.74, 6) is 1.77. The minimum Gasteiger partial charge on any atom is -0.309 e. The van der Waals surface area contributed by atoms with E-state index in [9.17, 15) is 0 Å². The van der Waals surface area contributed by atoms with E-state index in [4.69, 9.17) is 15.0 Å². The van der Waals surface area contributed by atoms with Crippen LogP contribution < -0.4 is 0 Å². The SMILES string of the molecule is c1ccc(-c2ccc(-c3nc(-c4ccccc4)nc(-n4c5ccccc5c5cc6c7ccccc7n(-c7cc(-c8ccccc8)ccc7-c7cccc(-c8ccccc8)c7)c6cc54)n3)cc2)cc1. The maximum absolute atomic E-state index is 5.34. The third-order valence-electron chi connectivity index (χ3n) is 13.2. The number of hydrogen-bond donors (Lipinski definition) is 0. The number of nitrogens with zero attached hydrogens (tertiary/aromatic N) is 5. The van der Waals surface area contributed by atoms with E-state index in [1.54, 1.807) is 0 Å². The summed E-state index contributed by atoms with van der Waals surface area (Å²) in [6.45, 7) is 0. The normalized spacial score (nSPS) is 11.5. The molecule has 0 N–H and O–H groups in total. The van der Waals surface area contributed by atoms with Crippen LogP contribution in [0.25, 0.3) is 123 Å². The molecule has 3 heterocycles. The van der Waals surface area contributed by atoms with Crippen molar-refractivity contribution >= 4 is 43.6 Å². The molecule has 13 aromatic rings. The molecule has 0 saturated heterocycles. The average molecular weight is 868 g/mol. The van der Waals surface area contributed by atoms with Crippen LogP contribution in [0.3, 0.4) is 0 Å². The monoisotopic (exact) mass is 867 g/mol. The first-order valence-corrected chi connectivity index (χ1v) is 23.0. The van der Waals surface area contributed by atoms with Gasteiger partial charge in [-0.2, -0.15) is 9.97 Å². The number of rotatable bonds is 8. The molecule has 0 radical (unpaired) electrons. The molecule has 0 aliphatic heterocycles. The minimum atomic E-state index is 0.554. The Morgan fingerprint density at radius 2 is 0.647 bits per heavy atom. The maximum Gasteiger partial charge on any atom is 0.238 e. The molecule has 0 saturated carbocycles. The van der Waals surface area contributed by atoms with Crippen molar-refractivity contribution in [1.29, 1.82) is 0 Å². The molecule has 5 heteroatoms. The number of para-hydroxylation sites is 2. The predicted octanol–water partition coefficient (Wildman–Crippen LogP) is 16.1. The van der Waals surface area contributed by atoms with Crippen molar-refractivity contribution in [3.63, 3.8) is 0 Å². The summed E-state index contributed by atoms with van der Waals surface area (Å²) in [4.78, 5) is 15.8. The van der Waals surface area contributed by atoms with Gasteiger partial charge in [-0.3, -0.25) is 4.57 Å². The lowest BCUT2D eigenvalue weighted by atomic mass is 9.95. The highest BCUT2D eigenvalue weighted by molar-refractivity contribution is 6.19. The van der Waals surface area contributed by atoms with Crippen molar-refractivity contribution in [2.45, 2.75) is 0 Å². The molecule has 10 aromatic carbocycles. The Morgan fingerprint density at radius 1 is 0.235 bits per heavy atom. The van der Waals surface area contributed by atoms with Gasteiger partial charge >= 0.3 is 0 Å². The third kappa shape index (κ3) is 6.76. The molecule has 0 atom stereocenters. The first-order valence-electron chi connectivity index (χ1n) is 23.0. The zero-order valence-electron chi connectivity index (χ0n) is 36.9. The Kier molecular flexibility index (Phi) is 9.43. The van der Waals surface area contributed by atoms with Gasteiger partial charge in [-0.05, 0) is 75.3 Å². The van der Waals surface area contributed by atoms with Gasteiger partial charge in [0.25, 0.3) is 0 Å². The van der Waals surface area contributed by atoms with Gasteiger partial charge in [0.05, 0.1) is 27.8 Å². The van der Waals surface area contributed by atoms with E-state index in [1.807, 2.05) is 24.3 Å². The van der Waals surface area contributed by atoms with Crippen molar-refractivity contribution in [3.8, 4) is 78.9 Å². The minimum absolute atomic E-state index is 0.554. The summed E-state index contributed by atoms with van der Waals surface area (Å²) in [6.07, 6.45) is 0. The van der Waals surface area contributed by atoms with Gasteiger partial charge in [0.15, 0.2) is 11.6 Å². The summed E-state index contributed by atoms with van der Waals surface area (Å²) in [6, 6.07) is 88.4. The third-order valence-corrected chi connectivity index (χ3v) is 13.2. The van der Waals surface area contributed by atoms with Crippen molar-refractivity contribution < 1.29 is 0 Å². The molecule has 0 amide bonds. The highest BCUT2D eigenvalue weighted by atomic mass is 15.2. The number of hydrogen-bond acceptors (Lipinski definition) is 3. The van der Waals surface area contributed by atoms with Gasteiger partial charge in [-0.1, -0.05) is 212 Å². The summed E-state index contributed by atoms with van der Waals surface area (Å²) in [5, 5.41) is 4.61. The maximum atomic E-state index is 5.34. The molecule has 68 heavy (non-hydrogen) atoms. The van der Waals surface area contributed by atoms with Crippen molar-refractivity contribution in [3.05, 3.63) is 249 Å². The summed E-state index contributed by atoms with van der Waals surface area (Å²) >= 11 is 0. The molecule has 0 aliphatic carbocycles. The second-order valence-corrected chi connectivity index (χ2v) is 17.2. The van der Waals surface area contributed by atoms with E-state index >= 15 is 0 Å². The Balaban J connectivity index is 1.08. The quantitative estimate of drug-likeness (QED) is 0.153. The van der Waals surface area contributed by atoms with Crippen molar-refractivity contribution in [2.75, 3.05) is 0 Å². The predicted molar refractivity (Wildman–Crippen MR) is 281 cm³/mol. The number of aromatic nitrogens is 5. The van der Waals surface area contributed by atoms with Crippen LogP contribution >= 0.6 is 0 Å². The summed E-state index contributed by atoms with van der Waals surface area (Å²) in [7, 11) is 0. The molecular formula is C63H41N5. The highest BCUT2D eigenvalue weighted by Gasteiger charge is 2.23. The Morgan fingerprint density at radius 3 is 1.25 bits per heavy atom. The Hall–Kier alpha value is -9.19. The average Bonchev–Trinajstić information content (AvgIpc) is 3.92. The molecule has 318 valence electrons. The number of benzene rings is 10. The summed E-state index contributed by atoms with van der Waals surface area (Å²) < 4.78 is 4.69. The van der Waals surface area contributed by atoms with Crippen LogP contribution in [-0.4, -0.2) is 24.1 Å². The van der Waals surface area contributed by atoms with Gasteiger partial charge in [-0.25, -0.2) is 4.98 Å². The molecule has 0 spiro atoms. The van der Waals surface area contributed by atoms with Crippen LogP contribution in [0.15, 0.2) is 249 Å². The van der Waals surface area contributed by atoms with Gasteiger partial charge < -0.3 is 4.57 Å². The second-order valence-electron chi connectivity index (χ2n) is 17.2. The molecule has 0 unspecified atom stereocenters. The van der Waals surface area contributed by atoms with Crippen LogP contribution in [0.5, 0.6) is 0 Å². The molecule has 13 rings (SSSR count). The highest BCUT2D eigenvalue weighted by Crippen LogP contribution is 2.43. The fourth-order valence-corrected chi connectivity index (χ4v) is 9.93. The zero-order valence-corrected chi connectivity index (χ0v) is 36.9. The molecular weight excluding hydrogens is 827 g/mol. The lowest BCUT2D eigenvalue weighted by Gasteiger charge is -2.17. The van der Waals surface area contributed by atoms with Crippen molar-refractivity contribution in [2.24, 2.45) is 0 Å². The lowest BCUT2D eigenvalue weighted by molar-refractivity contribution is 0.953. The summed E-state index contributed by atoms with van der Waals surface area (Å²) in [5.41, 5.74) is 16.4. The molecule has 0 bridgehead atoms. The smallest absolute Gasteiger partial charge is 0.238 e. The van der Waals surface area contributed by atoms with Gasteiger partial charge in [0.2, 0.25) is 5.95 Å². The van der Waals surface area contributed by atoms with E-state index in [0.717, 1.165) is 83.0 Å². The van der Waals surface area contributed by atoms with E-state index in [0.29, 0.717) is 17.6 Å².